The second kappa shape index (κ2) is 12.3. The topological polar surface area (TPSA) is 18.5 Å². The molecule has 2 fully saturated rings. The van der Waals surface area contributed by atoms with Crippen LogP contribution in [0.25, 0.3) is 11.1 Å². The van der Waals surface area contributed by atoms with Crippen LogP contribution in [0.4, 0.5) is 17.6 Å². The van der Waals surface area contributed by atoms with E-state index in [9.17, 15) is 17.6 Å². The number of benzene rings is 2. The minimum atomic E-state index is -1.07. The summed E-state index contributed by atoms with van der Waals surface area (Å²) in [5, 5.41) is 0. The highest BCUT2D eigenvalue weighted by molar-refractivity contribution is 5.65. The van der Waals surface area contributed by atoms with Gasteiger partial charge in [-0.1, -0.05) is 18.2 Å². The highest BCUT2D eigenvalue weighted by Crippen LogP contribution is 2.41. The van der Waals surface area contributed by atoms with Crippen LogP contribution in [0.2, 0.25) is 0 Å². The molecule has 0 spiro atoms. The van der Waals surface area contributed by atoms with E-state index in [4.69, 9.17) is 9.47 Å². The van der Waals surface area contributed by atoms with E-state index >= 15 is 0 Å². The second-order valence-corrected chi connectivity index (χ2v) is 10.3. The summed E-state index contributed by atoms with van der Waals surface area (Å²) in [5.41, 5.74) is 0.663. The largest absolute Gasteiger partial charge is 0.491 e. The molecule has 0 amide bonds. The molecule has 0 bridgehead atoms. The first-order chi connectivity index (χ1) is 17.4. The van der Waals surface area contributed by atoms with Gasteiger partial charge >= 0.3 is 0 Å². The minimum Gasteiger partial charge on any atom is -0.491 e. The van der Waals surface area contributed by atoms with Crippen molar-refractivity contribution < 1.29 is 27.0 Å². The van der Waals surface area contributed by atoms with E-state index in [2.05, 4.69) is 0 Å². The molecule has 0 aliphatic heterocycles. The third kappa shape index (κ3) is 6.50. The van der Waals surface area contributed by atoms with E-state index in [-0.39, 0.29) is 42.0 Å². The minimum absolute atomic E-state index is 0.00877. The van der Waals surface area contributed by atoms with E-state index in [1.54, 1.807) is 25.1 Å². The Hall–Kier alpha value is -2.34. The molecule has 0 N–H and O–H groups in total. The third-order valence-electron chi connectivity index (χ3n) is 7.85. The molecule has 196 valence electrons. The van der Waals surface area contributed by atoms with Crippen molar-refractivity contribution in [3.05, 3.63) is 65.2 Å². The monoisotopic (exact) mass is 504 g/mol. The van der Waals surface area contributed by atoms with Gasteiger partial charge in [-0.3, -0.25) is 0 Å². The van der Waals surface area contributed by atoms with Gasteiger partial charge in [0.2, 0.25) is 5.82 Å². The fraction of sp³-hybridized carbons (Fsp3) is 0.533. The molecule has 0 saturated heterocycles. The lowest BCUT2D eigenvalue weighted by Gasteiger charge is -2.37. The van der Waals surface area contributed by atoms with Gasteiger partial charge in [0.25, 0.3) is 0 Å². The molecule has 0 radical (unpaired) electrons. The number of allylic oxidation sites excluding steroid dienone is 2. The molecule has 0 heterocycles. The standard InChI is InChI=1S/C30H36F4O2/c1-3-35-28-15-14-26(29(33)30(28)34)23-8-9-24(27(32)17-23)18-36-25-12-10-22(11-13-25)21-6-4-20(5-7-21)16-19(2)31/h8-9,14-17,20-22,25H,3-7,10-13,18H2,1-2H3. The number of rotatable bonds is 8. The molecule has 2 aromatic carbocycles. The summed E-state index contributed by atoms with van der Waals surface area (Å²) in [6.45, 7) is 3.59. The molecular weight excluding hydrogens is 468 g/mol. The van der Waals surface area contributed by atoms with Crippen LogP contribution < -0.4 is 4.74 Å². The van der Waals surface area contributed by atoms with Crippen LogP contribution in [0.15, 0.2) is 42.2 Å². The maximum Gasteiger partial charge on any atom is 0.201 e. The molecule has 0 atom stereocenters. The Morgan fingerprint density at radius 2 is 1.56 bits per heavy atom. The molecule has 4 rings (SSSR count). The van der Waals surface area contributed by atoms with Gasteiger partial charge in [0, 0.05) is 11.1 Å². The molecular formula is C30H36F4O2. The first kappa shape index (κ1) is 26.7. The number of ether oxygens (including phenoxy) is 2. The predicted octanol–water partition coefficient (Wildman–Crippen LogP) is 8.92. The Bertz CT molecular complexity index is 1050. The van der Waals surface area contributed by atoms with Crippen LogP contribution in [-0.4, -0.2) is 12.7 Å². The van der Waals surface area contributed by atoms with Crippen molar-refractivity contribution in [2.24, 2.45) is 17.8 Å². The zero-order chi connectivity index (χ0) is 25.7. The Labute approximate surface area is 211 Å². The summed E-state index contributed by atoms with van der Waals surface area (Å²) < 4.78 is 67.8. The van der Waals surface area contributed by atoms with Crippen molar-refractivity contribution in [1.82, 2.24) is 0 Å². The van der Waals surface area contributed by atoms with Crippen molar-refractivity contribution in [3.63, 3.8) is 0 Å². The average molecular weight is 505 g/mol. The Morgan fingerprint density at radius 1 is 0.889 bits per heavy atom. The molecule has 2 aliphatic carbocycles. The summed E-state index contributed by atoms with van der Waals surface area (Å²) in [7, 11) is 0. The van der Waals surface area contributed by atoms with Crippen molar-refractivity contribution >= 4 is 0 Å². The lowest BCUT2D eigenvalue weighted by Crippen LogP contribution is -2.28. The Kier molecular flexibility index (Phi) is 9.10. The molecule has 6 heteroatoms. The zero-order valence-corrected chi connectivity index (χ0v) is 21.2. The second-order valence-electron chi connectivity index (χ2n) is 10.3. The van der Waals surface area contributed by atoms with Crippen molar-refractivity contribution in [3.8, 4) is 16.9 Å². The normalized spacial score (nSPS) is 25.1. The van der Waals surface area contributed by atoms with Crippen LogP contribution >= 0.6 is 0 Å². The van der Waals surface area contributed by atoms with E-state index in [0.717, 1.165) is 38.5 Å². The Balaban J connectivity index is 1.28. The highest BCUT2D eigenvalue weighted by Gasteiger charge is 2.31. The smallest absolute Gasteiger partial charge is 0.201 e. The summed E-state index contributed by atoms with van der Waals surface area (Å²) in [5.74, 6) is -1.05. The molecule has 2 saturated carbocycles. The number of hydrogen-bond donors (Lipinski definition) is 0. The van der Waals surface area contributed by atoms with Gasteiger partial charge in [-0.2, -0.15) is 4.39 Å². The van der Waals surface area contributed by atoms with E-state index < -0.39 is 17.5 Å². The third-order valence-corrected chi connectivity index (χ3v) is 7.85. The lowest BCUT2D eigenvalue weighted by molar-refractivity contribution is -0.00329. The highest BCUT2D eigenvalue weighted by atomic mass is 19.2. The van der Waals surface area contributed by atoms with Crippen LogP contribution in [-0.2, 0) is 11.3 Å². The molecule has 0 aromatic heterocycles. The van der Waals surface area contributed by atoms with Crippen LogP contribution in [0.1, 0.15) is 70.8 Å². The quantitative estimate of drug-likeness (QED) is 0.334. The van der Waals surface area contributed by atoms with Crippen LogP contribution in [0.3, 0.4) is 0 Å². The fourth-order valence-electron chi connectivity index (χ4n) is 5.90. The van der Waals surface area contributed by atoms with Gasteiger partial charge in [-0.25, -0.2) is 13.2 Å². The van der Waals surface area contributed by atoms with Gasteiger partial charge < -0.3 is 9.47 Å². The van der Waals surface area contributed by atoms with Gasteiger partial charge in [0.15, 0.2) is 11.6 Å². The molecule has 0 unspecified atom stereocenters. The lowest BCUT2D eigenvalue weighted by atomic mass is 9.70. The zero-order valence-electron chi connectivity index (χ0n) is 21.2. The van der Waals surface area contributed by atoms with Gasteiger partial charge in [0.1, 0.15) is 5.82 Å². The molecule has 2 aliphatic rings. The maximum absolute atomic E-state index is 14.8. The maximum atomic E-state index is 14.8. The number of halogens is 4. The van der Waals surface area contributed by atoms with E-state index in [1.165, 1.54) is 38.0 Å². The summed E-state index contributed by atoms with van der Waals surface area (Å²) in [6.07, 6.45) is 10.5. The van der Waals surface area contributed by atoms with Crippen LogP contribution in [0.5, 0.6) is 5.75 Å². The van der Waals surface area contributed by atoms with Crippen molar-refractivity contribution in [2.75, 3.05) is 6.61 Å². The Morgan fingerprint density at radius 3 is 2.17 bits per heavy atom. The number of hydrogen-bond acceptors (Lipinski definition) is 2. The predicted molar refractivity (Wildman–Crippen MR) is 134 cm³/mol. The van der Waals surface area contributed by atoms with Gasteiger partial charge in [-0.05, 0) is 107 Å². The molecule has 2 nitrogen and oxygen atoms in total. The average Bonchev–Trinajstić information content (AvgIpc) is 2.87. The summed E-state index contributed by atoms with van der Waals surface area (Å²) >= 11 is 0. The first-order valence-corrected chi connectivity index (χ1v) is 13.2. The van der Waals surface area contributed by atoms with Crippen LogP contribution in [0, 0.1) is 35.2 Å². The van der Waals surface area contributed by atoms with E-state index in [0.29, 0.717) is 23.3 Å². The SMILES string of the molecule is CCOc1ccc(-c2ccc(COC3CCC(C4CCC(C=C(C)F)CC4)CC3)c(F)c2)c(F)c1F. The fourth-order valence-corrected chi connectivity index (χ4v) is 5.90. The van der Waals surface area contributed by atoms with Crippen molar-refractivity contribution in [1.29, 1.82) is 0 Å². The van der Waals surface area contributed by atoms with Gasteiger partial charge in [0.05, 0.1) is 25.1 Å². The van der Waals surface area contributed by atoms with Gasteiger partial charge in [-0.15, -0.1) is 0 Å². The first-order valence-electron chi connectivity index (χ1n) is 13.2. The summed E-state index contributed by atoms with van der Waals surface area (Å²) in [6, 6.07) is 7.15. The molecule has 36 heavy (non-hydrogen) atoms. The van der Waals surface area contributed by atoms with Crippen molar-refractivity contribution in [2.45, 2.75) is 77.9 Å². The van der Waals surface area contributed by atoms with E-state index in [1.807, 2.05) is 0 Å². The molecule has 2 aromatic rings. The summed E-state index contributed by atoms with van der Waals surface area (Å²) in [4.78, 5) is 0.